The van der Waals surface area contributed by atoms with Crippen LogP contribution in [0.3, 0.4) is 0 Å². The van der Waals surface area contributed by atoms with Crippen molar-refractivity contribution >= 4 is 5.91 Å². The molecule has 0 saturated carbocycles. The minimum Gasteiger partial charge on any atom is -0.471 e. The fourth-order valence-corrected chi connectivity index (χ4v) is 2.19. The average molecular weight is 287 g/mol. The van der Waals surface area contributed by atoms with Crippen LogP contribution in [0, 0.1) is 0 Å². The number of carbonyl (C=O) groups is 1. The zero-order chi connectivity index (χ0) is 14.7. The molecule has 0 spiro atoms. The van der Waals surface area contributed by atoms with E-state index < -0.39 is 5.63 Å². The van der Waals surface area contributed by atoms with Crippen LogP contribution in [0.2, 0.25) is 0 Å². The van der Waals surface area contributed by atoms with Crippen molar-refractivity contribution in [1.29, 1.82) is 0 Å². The lowest BCUT2D eigenvalue weighted by Gasteiger charge is -2.16. The Morgan fingerprint density at radius 2 is 2.29 bits per heavy atom. The van der Waals surface area contributed by atoms with E-state index in [1.54, 1.807) is 17.3 Å². The molecule has 1 fully saturated rings. The number of rotatable bonds is 3. The third-order valence-electron chi connectivity index (χ3n) is 3.21. The third kappa shape index (κ3) is 3.07. The first-order chi connectivity index (χ1) is 10.2. The number of amides is 1. The molecule has 1 unspecified atom stereocenters. The molecule has 7 nitrogen and oxygen atoms in total. The molecular weight excluding hydrogens is 274 g/mol. The van der Waals surface area contributed by atoms with E-state index >= 15 is 0 Å². The number of ether oxygens (including phenoxy) is 1. The van der Waals surface area contributed by atoms with E-state index in [1.807, 2.05) is 0 Å². The van der Waals surface area contributed by atoms with Crippen molar-refractivity contribution in [2.24, 2.45) is 0 Å². The molecule has 0 aromatic carbocycles. The van der Waals surface area contributed by atoms with Crippen molar-refractivity contribution in [2.45, 2.75) is 12.5 Å². The van der Waals surface area contributed by atoms with Crippen molar-refractivity contribution in [2.75, 3.05) is 13.1 Å². The van der Waals surface area contributed by atoms with E-state index in [0.717, 1.165) is 6.42 Å². The molecule has 108 valence electrons. The molecule has 1 aliphatic heterocycles. The van der Waals surface area contributed by atoms with Gasteiger partial charge in [0, 0.05) is 31.4 Å². The summed E-state index contributed by atoms with van der Waals surface area (Å²) < 4.78 is 10.4. The van der Waals surface area contributed by atoms with E-state index in [9.17, 15) is 9.59 Å². The Morgan fingerprint density at radius 1 is 1.38 bits per heavy atom. The molecule has 3 rings (SSSR count). The van der Waals surface area contributed by atoms with Gasteiger partial charge in [0.1, 0.15) is 12.4 Å². The Hall–Kier alpha value is -2.70. The maximum Gasteiger partial charge on any atom is 0.335 e. The van der Waals surface area contributed by atoms with Crippen LogP contribution in [0.1, 0.15) is 16.8 Å². The van der Waals surface area contributed by atoms with Crippen molar-refractivity contribution in [3.8, 4) is 5.88 Å². The van der Waals surface area contributed by atoms with Crippen LogP contribution in [0.4, 0.5) is 0 Å². The van der Waals surface area contributed by atoms with Gasteiger partial charge < -0.3 is 14.1 Å². The SMILES string of the molecule is O=C(c1ccc(=O)oc1)N1CCC(Oc2cnccn2)C1. The minimum absolute atomic E-state index is 0.110. The van der Waals surface area contributed by atoms with Crippen LogP contribution >= 0.6 is 0 Å². The van der Waals surface area contributed by atoms with Crippen molar-refractivity contribution in [3.63, 3.8) is 0 Å². The number of aromatic nitrogens is 2. The van der Waals surface area contributed by atoms with E-state index in [0.29, 0.717) is 24.5 Å². The number of likely N-dealkylation sites (tertiary alicyclic amines) is 1. The normalized spacial score (nSPS) is 17.7. The van der Waals surface area contributed by atoms with E-state index in [1.165, 1.54) is 24.6 Å². The number of hydrogen-bond donors (Lipinski definition) is 0. The summed E-state index contributed by atoms with van der Waals surface area (Å²) in [5.41, 5.74) is -0.119. The Bertz CT molecular complexity index is 666. The van der Waals surface area contributed by atoms with Gasteiger partial charge in [0.15, 0.2) is 0 Å². The molecule has 1 saturated heterocycles. The minimum atomic E-state index is -0.475. The maximum atomic E-state index is 12.2. The van der Waals surface area contributed by atoms with Crippen molar-refractivity contribution < 1.29 is 13.9 Å². The quantitative estimate of drug-likeness (QED) is 0.827. The summed E-state index contributed by atoms with van der Waals surface area (Å²) in [6.45, 7) is 1.05. The Balaban J connectivity index is 1.63. The van der Waals surface area contributed by atoms with Gasteiger partial charge in [-0.15, -0.1) is 0 Å². The van der Waals surface area contributed by atoms with E-state index in [4.69, 9.17) is 9.15 Å². The summed E-state index contributed by atoms with van der Waals surface area (Å²) in [6.07, 6.45) is 6.46. The molecule has 0 bridgehead atoms. The van der Waals surface area contributed by atoms with Crippen LogP contribution in [0.25, 0.3) is 0 Å². The molecule has 2 aromatic heterocycles. The highest BCUT2D eigenvalue weighted by Crippen LogP contribution is 2.17. The fourth-order valence-electron chi connectivity index (χ4n) is 2.19. The monoisotopic (exact) mass is 287 g/mol. The van der Waals surface area contributed by atoms with Crippen LogP contribution in [0.5, 0.6) is 5.88 Å². The van der Waals surface area contributed by atoms with Crippen LogP contribution in [-0.2, 0) is 0 Å². The second-order valence-electron chi connectivity index (χ2n) is 4.67. The van der Waals surface area contributed by atoms with E-state index in [-0.39, 0.29) is 12.0 Å². The van der Waals surface area contributed by atoms with Gasteiger partial charge in [-0.2, -0.15) is 0 Å². The summed E-state index contributed by atoms with van der Waals surface area (Å²) in [5, 5.41) is 0. The first-order valence-corrected chi connectivity index (χ1v) is 6.53. The second kappa shape index (κ2) is 5.74. The largest absolute Gasteiger partial charge is 0.471 e. The number of nitrogens with zero attached hydrogens (tertiary/aromatic N) is 3. The molecule has 7 heteroatoms. The molecule has 1 amide bonds. The van der Waals surface area contributed by atoms with Gasteiger partial charge in [0.05, 0.1) is 18.3 Å². The Morgan fingerprint density at radius 3 is 3.00 bits per heavy atom. The van der Waals surface area contributed by atoms with E-state index in [2.05, 4.69) is 9.97 Å². The maximum absolute atomic E-state index is 12.2. The number of hydrogen-bond acceptors (Lipinski definition) is 6. The molecular formula is C14H13N3O4. The standard InChI is InChI=1S/C14H13N3O4/c18-13-2-1-10(9-20-13)14(19)17-6-3-11(8-17)21-12-7-15-4-5-16-12/h1-2,4-5,7,9,11H,3,6,8H2. The van der Waals surface area contributed by atoms with Gasteiger partial charge in [-0.1, -0.05) is 0 Å². The smallest absolute Gasteiger partial charge is 0.335 e. The highest BCUT2D eigenvalue weighted by Gasteiger charge is 2.28. The highest BCUT2D eigenvalue weighted by molar-refractivity contribution is 5.93. The van der Waals surface area contributed by atoms with Gasteiger partial charge in [0.2, 0.25) is 5.88 Å². The molecule has 1 atom stereocenters. The zero-order valence-electron chi connectivity index (χ0n) is 11.1. The summed E-state index contributed by atoms with van der Waals surface area (Å²) in [5.74, 6) is 0.270. The van der Waals surface area contributed by atoms with Crippen LogP contribution in [0.15, 0.2) is 46.2 Å². The highest BCUT2D eigenvalue weighted by atomic mass is 16.5. The Kier molecular flexibility index (Phi) is 3.63. The van der Waals surface area contributed by atoms with Gasteiger partial charge in [-0.05, 0) is 6.07 Å². The van der Waals surface area contributed by atoms with Crippen molar-refractivity contribution in [1.82, 2.24) is 14.9 Å². The van der Waals surface area contributed by atoms with Gasteiger partial charge >= 0.3 is 5.63 Å². The zero-order valence-corrected chi connectivity index (χ0v) is 11.1. The van der Waals surface area contributed by atoms with Gasteiger partial charge in [-0.25, -0.2) is 9.78 Å². The molecule has 1 aliphatic rings. The van der Waals surface area contributed by atoms with Crippen LogP contribution < -0.4 is 10.4 Å². The molecule has 0 aliphatic carbocycles. The third-order valence-corrected chi connectivity index (χ3v) is 3.21. The first-order valence-electron chi connectivity index (χ1n) is 6.53. The molecule has 2 aromatic rings. The summed E-state index contributed by atoms with van der Waals surface area (Å²) >= 11 is 0. The fraction of sp³-hybridized carbons (Fsp3) is 0.286. The Labute approximate surface area is 120 Å². The lowest BCUT2D eigenvalue weighted by Crippen LogP contribution is -2.31. The molecule has 21 heavy (non-hydrogen) atoms. The predicted molar refractivity (Wildman–Crippen MR) is 71.9 cm³/mol. The first kappa shape index (κ1) is 13.3. The summed E-state index contributed by atoms with van der Waals surface area (Å²) in [6, 6.07) is 2.70. The summed E-state index contributed by atoms with van der Waals surface area (Å²) in [4.78, 5) is 32.8. The predicted octanol–water partition coefficient (Wildman–Crippen LogP) is 0.723. The summed E-state index contributed by atoms with van der Waals surface area (Å²) in [7, 11) is 0. The lowest BCUT2D eigenvalue weighted by atomic mass is 10.2. The average Bonchev–Trinajstić information content (AvgIpc) is 2.97. The molecule has 0 N–H and O–H groups in total. The van der Waals surface area contributed by atoms with Crippen molar-refractivity contribution in [3.05, 3.63) is 53.0 Å². The van der Waals surface area contributed by atoms with Crippen LogP contribution in [-0.4, -0.2) is 40.0 Å². The van der Waals surface area contributed by atoms with Gasteiger partial charge in [-0.3, -0.25) is 9.78 Å². The number of carbonyl (C=O) groups excluding carboxylic acids is 1. The topological polar surface area (TPSA) is 85.5 Å². The van der Waals surface area contributed by atoms with Gasteiger partial charge in [0.25, 0.3) is 5.91 Å². The molecule has 3 heterocycles. The second-order valence-corrected chi connectivity index (χ2v) is 4.67. The lowest BCUT2D eigenvalue weighted by molar-refractivity contribution is 0.0768. The molecule has 0 radical (unpaired) electrons.